The molecule has 15 heteroatoms. The van der Waals surface area contributed by atoms with E-state index in [1.807, 2.05) is 4.90 Å². The molecule has 2 unspecified atom stereocenters. The summed E-state index contributed by atoms with van der Waals surface area (Å²) in [6.45, 7) is 2.61. The Morgan fingerprint density at radius 2 is 1.83 bits per heavy atom. The lowest BCUT2D eigenvalue weighted by Crippen LogP contribution is -2.54. The summed E-state index contributed by atoms with van der Waals surface area (Å²) in [6, 6.07) is 7.39. The molecule has 3 aliphatic rings. The molecule has 0 aliphatic carbocycles. The van der Waals surface area contributed by atoms with Crippen LogP contribution in [0.15, 0.2) is 48.8 Å². The monoisotopic (exact) mass is 643 g/mol. The molecule has 0 radical (unpaired) electrons. The van der Waals surface area contributed by atoms with Crippen LogP contribution < -0.4 is 15.5 Å². The highest BCUT2D eigenvalue weighted by Crippen LogP contribution is 2.34. The Morgan fingerprint density at radius 1 is 1.09 bits per heavy atom. The number of rotatable bonds is 5. The molecule has 47 heavy (non-hydrogen) atoms. The van der Waals surface area contributed by atoms with Crippen molar-refractivity contribution in [1.82, 2.24) is 20.0 Å². The fraction of sp³-hybridized carbons (Fsp3) is 0.281. The predicted octanol–water partition coefficient (Wildman–Crippen LogP) is 2.86. The van der Waals surface area contributed by atoms with Crippen molar-refractivity contribution in [2.45, 2.75) is 38.0 Å². The Kier molecular flexibility index (Phi) is 7.77. The molecule has 0 spiro atoms. The number of halogens is 3. The van der Waals surface area contributed by atoms with Crippen molar-refractivity contribution < 1.29 is 37.1 Å². The Bertz CT molecular complexity index is 1960. The Labute approximate surface area is 265 Å². The van der Waals surface area contributed by atoms with Gasteiger partial charge in [-0.25, -0.2) is 0 Å². The number of hydrogen-bond donors (Lipinski definition) is 2. The van der Waals surface area contributed by atoms with Crippen LogP contribution in [0, 0.1) is 29.1 Å². The smallest absolute Gasteiger partial charge is 0.369 e. The average Bonchev–Trinajstić information content (AvgIpc) is 3.58. The number of benzene rings is 2. The number of nitrogens with zero attached hydrogens (tertiary/aromatic N) is 5. The second kappa shape index (κ2) is 11.8. The molecule has 4 heterocycles. The van der Waals surface area contributed by atoms with Crippen LogP contribution in [0.1, 0.15) is 63.2 Å². The van der Waals surface area contributed by atoms with Crippen LogP contribution in [0.4, 0.5) is 24.5 Å². The number of imide groups is 2. The van der Waals surface area contributed by atoms with Gasteiger partial charge < -0.3 is 10.2 Å². The van der Waals surface area contributed by atoms with E-state index in [0.717, 1.165) is 11.0 Å². The van der Waals surface area contributed by atoms with E-state index in [2.05, 4.69) is 27.6 Å². The molecular weight excluding hydrogens is 619 g/mol. The molecule has 3 aromatic rings. The lowest BCUT2D eigenvalue weighted by molar-refractivity contribution is -0.138. The van der Waals surface area contributed by atoms with Gasteiger partial charge in [0.15, 0.2) is 0 Å². The maximum atomic E-state index is 13.3. The number of anilines is 2. The summed E-state index contributed by atoms with van der Waals surface area (Å²) >= 11 is 0. The van der Waals surface area contributed by atoms with Gasteiger partial charge in [-0.2, -0.15) is 23.5 Å². The number of piperidine rings is 1. The summed E-state index contributed by atoms with van der Waals surface area (Å²) < 4.78 is 41.2. The maximum absolute atomic E-state index is 13.3. The first-order valence-corrected chi connectivity index (χ1v) is 14.4. The van der Waals surface area contributed by atoms with Gasteiger partial charge in [0.25, 0.3) is 11.8 Å². The van der Waals surface area contributed by atoms with Gasteiger partial charge in [-0.15, -0.1) is 0 Å². The molecular formula is C32H24F3N7O5. The lowest BCUT2D eigenvalue weighted by Gasteiger charge is -2.38. The summed E-state index contributed by atoms with van der Waals surface area (Å²) in [5.74, 6) is 3.23. The molecule has 2 N–H and O–H groups in total. The SMILES string of the molecule is CC(C(=O)Nc1ccc(C#N)c(C(F)(F)F)c1)n1cc(C#CC2CN(c3ccc4c(c3)C(=O)N(C3CCC(=O)NC3=O)C4=O)C2)cn1. The van der Waals surface area contributed by atoms with Crippen LogP contribution in [0.25, 0.3) is 0 Å². The van der Waals surface area contributed by atoms with E-state index in [4.69, 9.17) is 5.26 Å². The van der Waals surface area contributed by atoms with Crippen molar-refractivity contribution in [3.05, 3.63) is 76.6 Å². The second-order valence-corrected chi connectivity index (χ2v) is 11.3. The average molecular weight is 644 g/mol. The predicted molar refractivity (Wildman–Crippen MR) is 157 cm³/mol. The molecule has 2 fully saturated rings. The van der Waals surface area contributed by atoms with E-state index < -0.39 is 58.9 Å². The number of fused-ring (bicyclic) bond motifs is 1. The highest BCUT2D eigenvalue weighted by atomic mass is 19.4. The van der Waals surface area contributed by atoms with Crippen molar-refractivity contribution in [2.24, 2.45) is 5.92 Å². The van der Waals surface area contributed by atoms with E-state index in [9.17, 15) is 37.1 Å². The van der Waals surface area contributed by atoms with Gasteiger partial charge in [0, 0.05) is 37.1 Å². The van der Waals surface area contributed by atoms with Crippen LogP contribution >= 0.6 is 0 Å². The quantitative estimate of drug-likeness (QED) is 0.318. The zero-order valence-electron chi connectivity index (χ0n) is 24.6. The summed E-state index contributed by atoms with van der Waals surface area (Å²) in [5, 5.41) is 17.7. The molecule has 5 amide bonds. The first kappa shape index (κ1) is 31.0. The third-order valence-electron chi connectivity index (χ3n) is 8.18. The van der Waals surface area contributed by atoms with E-state index in [-0.39, 0.29) is 35.6 Å². The Morgan fingerprint density at radius 3 is 2.53 bits per heavy atom. The third kappa shape index (κ3) is 5.91. The van der Waals surface area contributed by atoms with Crippen molar-refractivity contribution in [1.29, 1.82) is 5.26 Å². The first-order valence-electron chi connectivity index (χ1n) is 14.4. The summed E-state index contributed by atoms with van der Waals surface area (Å²) in [6.07, 6.45) is -1.63. The minimum Gasteiger partial charge on any atom is -0.369 e. The van der Waals surface area contributed by atoms with Gasteiger partial charge in [-0.3, -0.25) is 38.9 Å². The number of alkyl halides is 3. The van der Waals surface area contributed by atoms with Gasteiger partial charge >= 0.3 is 6.18 Å². The Hall–Kier alpha value is -5.96. The van der Waals surface area contributed by atoms with E-state index >= 15 is 0 Å². The molecule has 12 nitrogen and oxygen atoms in total. The van der Waals surface area contributed by atoms with Crippen LogP contribution in [0.3, 0.4) is 0 Å². The zero-order valence-corrected chi connectivity index (χ0v) is 24.6. The highest BCUT2D eigenvalue weighted by Gasteiger charge is 2.45. The molecule has 2 aromatic carbocycles. The molecule has 0 saturated carbocycles. The number of carbonyl (C=O) groups excluding carboxylic acids is 5. The fourth-order valence-electron chi connectivity index (χ4n) is 5.56. The third-order valence-corrected chi connectivity index (χ3v) is 8.18. The highest BCUT2D eigenvalue weighted by molar-refractivity contribution is 6.23. The number of amides is 5. The maximum Gasteiger partial charge on any atom is 0.417 e. The second-order valence-electron chi connectivity index (χ2n) is 11.3. The Balaban J connectivity index is 1.05. The number of carbonyl (C=O) groups is 5. The van der Waals surface area contributed by atoms with E-state index in [1.165, 1.54) is 29.9 Å². The fourth-order valence-corrected chi connectivity index (χ4v) is 5.56. The minimum absolute atomic E-state index is 0.0242. The van der Waals surface area contributed by atoms with Crippen LogP contribution in [0.2, 0.25) is 0 Å². The molecule has 2 saturated heterocycles. The van der Waals surface area contributed by atoms with Gasteiger partial charge in [0.1, 0.15) is 12.1 Å². The standard InChI is InChI=1S/C32H24F3N7O5/c1-17(28(44)38-21-5-4-20(12-36)25(10-21)32(33,34)35)41-16-18(13-37-41)2-3-19-14-40(15-19)22-6-7-23-24(11-22)31(47)42(30(23)46)26-8-9-27(43)39-29(26)45/h4-7,10-11,13,16-17,19,26H,8-9,14-15H2,1H3,(H,38,44)(H,39,43,45). The van der Waals surface area contributed by atoms with Gasteiger partial charge in [0.2, 0.25) is 17.7 Å². The van der Waals surface area contributed by atoms with Crippen LogP contribution in [-0.2, 0) is 20.6 Å². The van der Waals surface area contributed by atoms with Crippen molar-refractivity contribution in [3.63, 3.8) is 0 Å². The largest absolute Gasteiger partial charge is 0.417 e. The zero-order chi connectivity index (χ0) is 33.6. The molecule has 3 aliphatic heterocycles. The van der Waals surface area contributed by atoms with Crippen molar-refractivity contribution in [3.8, 4) is 17.9 Å². The van der Waals surface area contributed by atoms with Gasteiger partial charge in [-0.05, 0) is 49.7 Å². The number of nitrogens with one attached hydrogen (secondary N) is 2. The van der Waals surface area contributed by atoms with Gasteiger partial charge in [-0.1, -0.05) is 11.8 Å². The van der Waals surface area contributed by atoms with E-state index in [1.54, 1.807) is 24.4 Å². The first-order chi connectivity index (χ1) is 22.3. The minimum atomic E-state index is -4.76. The van der Waals surface area contributed by atoms with E-state index in [0.29, 0.717) is 30.4 Å². The number of nitriles is 1. The van der Waals surface area contributed by atoms with Crippen molar-refractivity contribution in [2.75, 3.05) is 23.3 Å². The lowest BCUT2D eigenvalue weighted by atomic mass is 9.98. The molecule has 238 valence electrons. The van der Waals surface area contributed by atoms with Crippen LogP contribution in [0.5, 0.6) is 0 Å². The molecule has 2 atom stereocenters. The van der Waals surface area contributed by atoms with Crippen LogP contribution in [-0.4, -0.2) is 63.3 Å². The summed E-state index contributed by atoms with van der Waals surface area (Å²) in [4.78, 5) is 65.5. The molecule has 0 bridgehead atoms. The normalized spacial score (nSPS) is 18.5. The summed E-state index contributed by atoms with van der Waals surface area (Å²) in [5.41, 5.74) is -0.179. The number of aromatic nitrogens is 2. The topological polar surface area (TPSA) is 158 Å². The van der Waals surface area contributed by atoms with Gasteiger partial charge in [0.05, 0.1) is 46.0 Å². The van der Waals surface area contributed by atoms with Crippen molar-refractivity contribution >= 4 is 40.9 Å². The molecule has 1 aromatic heterocycles. The number of hydrogen-bond acceptors (Lipinski definition) is 8. The summed E-state index contributed by atoms with van der Waals surface area (Å²) in [7, 11) is 0. The molecule has 6 rings (SSSR count).